The number of nitrogens with one attached hydrogen (secondary N) is 1. The van der Waals surface area contributed by atoms with Crippen molar-refractivity contribution in [3.63, 3.8) is 0 Å². The van der Waals surface area contributed by atoms with E-state index in [1.807, 2.05) is 30.3 Å². The fourth-order valence-electron chi connectivity index (χ4n) is 5.36. The highest BCUT2D eigenvalue weighted by Crippen LogP contribution is 2.41. The summed E-state index contributed by atoms with van der Waals surface area (Å²) in [6.45, 7) is 0. The molecule has 202 valence electrons. The number of pyridine rings is 1. The van der Waals surface area contributed by atoms with Gasteiger partial charge in [0.05, 0.1) is 18.7 Å². The Labute approximate surface area is 239 Å². The normalized spacial score (nSPS) is 16.5. The second kappa shape index (κ2) is 10.7. The number of allylic oxidation sites excluding steroid dienone is 1. The maximum Gasteiger partial charge on any atom is 0.411 e. The molecule has 2 aromatic heterocycles. The molecule has 12 heteroatoms. The Balaban J connectivity index is 1.29. The number of hydrogen-bond acceptors (Lipinski definition) is 7. The molecule has 0 fully saturated rings. The molecule has 10 nitrogen and oxygen atoms in total. The van der Waals surface area contributed by atoms with E-state index in [0.29, 0.717) is 28.0 Å². The van der Waals surface area contributed by atoms with Crippen LogP contribution in [0.4, 0.5) is 10.5 Å². The van der Waals surface area contributed by atoms with Crippen molar-refractivity contribution in [1.29, 1.82) is 0 Å². The van der Waals surface area contributed by atoms with Gasteiger partial charge in [-0.05, 0) is 71.7 Å². The molecule has 1 unspecified atom stereocenters. The SMILES string of the molecule is COC(=O)Nc1ccc(C2=C(Cl)N=C(C3CCCc4cc(-c5cc(Cl)ccc5-n5cnnn5)c[n+]([O-])c43)C2)cc1. The van der Waals surface area contributed by atoms with Gasteiger partial charge in [-0.25, -0.2) is 9.79 Å². The first-order valence-electron chi connectivity index (χ1n) is 12.6. The van der Waals surface area contributed by atoms with Crippen LogP contribution in [0.3, 0.4) is 0 Å². The number of anilines is 1. The van der Waals surface area contributed by atoms with Crippen LogP contribution in [-0.4, -0.2) is 39.1 Å². The summed E-state index contributed by atoms with van der Waals surface area (Å²) in [5, 5.41) is 28.6. The van der Waals surface area contributed by atoms with Gasteiger partial charge < -0.3 is 9.94 Å². The number of amides is 1. The third kappa shape index (κ3) is 4.91. The van der Waals surface area contributed by atoms with Crippen molar-refractivity contribution in [3.05, 3.63) is 93.3 Å². The van der Waals surface area contributed by atoms with Gasteiger partial charge in [0, 0.05) is 45.1 Å². The number of nitrogens with zero attached hydrogens (tertiary/aromatic N) is 6. The molecule has 0 spiro atoms. The summed E-state index contributed by atoms with van der Waals surface area (Å²) in [4.78, 5) is 16.2. The van der Waals surface area contributed by atoms with Crippen molar-refractivity contribution in [2.75, 3.05) is 12.4 Å². The van der Waals surface area contributed by atoms with Gasteiger partial charge in [0.15, 0.2) is 6.20 Å². The van der Waals surface area contributed by atoms with Gasteiger partial charge in [-0.3, -0.25) is 5.32 Å². The molecular formula is C28H23Cl2N7O3. The number of methoxy groups -OCH3 is 1. The van der Waals surface area contributed by atoms with E-state index in [4.69, 9.17) is 28.2 Å². The molecule has 1 amide bonds. The molecule has 1 N–H and O–H groups in total. The number of ether oxygens (including phenoxy) is 1. The van der Waals surface area contributed by atoms with E-state index in [0.717, 1.165) is 63.2 Å². The quantitative estimate of drug-likeness (QED) is 0.186. The number of carbonyl (C=O) groups is 1. The Morgan fingerprint density at radius 2 is 1.98 bits per heavy atom. The molecule has 0 radical (unpaired) electrons. The van der Waals surface area contributed by atoms with Crippen molar-refractivity contribution in [2.45, 2.75) is 31.6 Å². The lowest BCUT2D eigenvalue weighted by Crippen LogP contribution is -2.38. The van der Waals surface area contributed by atoms with Crippen LogP contribution in [0.25, 0.3) is 22.4 Å². The first kappa shape index (κ1) is 26.0. The van der Waals surface area contributed by atoms with E-state index in [-0.39, 0.29) is 5.92 Å². The zero-order valence-corrected chi connectivity index (χ0v) is 22.9. The third-order valence-corrected chi connectivity index (χ3v) is 7.75. The van der Waals surface area contributed by atoms with Crippen molar-refractivity contribution in [1.82, 2.24) is 20.2 Å². The lowest BCUT2D eigenvalue weighted by molar-refractivity contribution is -0.615. The smallest absolute Gasteiger partial charge is 0.411 e. The molecule has 0 bridgehead atoms. The molecule has 0 saturated carbocycles. The number of aryl methyl sites for hydroxylation is 1. The number of aliphatic imine (C=N–C) groups is 1. The molecule has 1 atom stereocenters. The summed E-state index contributed by atoms with van der Waals surface area (Å²) in [6.07, 6.45) is 5.57. The topological polar surface area (TPSA) is 121 Å². The van der Waals surface area contributed by atoms with Crippen LogP contribution in [-0.2, 0) is 11.2 Å². The molecule has 2 aliphatic rings. The van der Waals surface area contributed by atoms with E-state index < -0.39 is 6.09 Å². The molecule has 6 rings (SSSR count). The number of hydrogen-bond donors (Lipinski definition) is 1. The molecule has 40 heavy (non-hydrogen) atoms. The van der Waals surface area contributed by atoms with Crippen LogP contribution in [0.2, 0.25) is 5.02 Å². The molecule has 0 saturated heterocycles. The zero-order valence-electron chi connectivity index (χ0n) is 21.3. The summed E-state index contributed by atoms with van der Waals surface area (Å²) in [7, 11) is 1.31. The standard InChI is InChI=1S/C28H23Cl2N7O3/c1-40-28(38)32-20-8-5-16(6-9-20)23-13-24(33-27(23)30)21-4-2-3-17-11-18(14-37(39)26(17)21)22-12-19(29)7-10-25(22)36-15-31-34-35-36/h5-12,14-15,21H,2-4,13H2,1H3,(H,32,38). The molecule has 1 aliphatic heterocycles. The minimum atomic E-state index is -0.538. The van der Waals surface area contributed by atoms with Gasteiger partial charge in [-0.1, -0.05) is 35.3 Å². The summed E-state index contributed by atoms with van der Waals surface area (Å²) < 4.78 is 7.14. The van der Waals surface area contributed by atoms with Crippen LogP contribution in [0.5, 0.6) is 0 Å². The second-order valence-corrected chi connectivity index (χ2v) is 10.4. The third-order valence-electron chi connectivity index (χ3n) is 7.20. The highest BCUT2D eigenvalue weighted by molar-refractivity contribution is 6.35. The van der Waals surface area contributed by atoms with E-state index in [9.17, 15) is 10.0 Å². The number of tetrazole rings is 1. The average Bonchev–Trinajstić information content (AvgIpc) is 3.63. The minimum absolute atomic E-state index is 0.153. The summed E-state index contributed by atoms with van der Waals surface area (Å²) in [5.41, 5.74) is 7.13. The Morgan fingerprint density at radius 1 is 1.15 bits per heavy atom. The second-order valence-electron chi connectivity index (χ2n) is 9.57. The molecule has 3 heterocycles. The first-order valence-corrected chi connectivity index (χ1v) is 13.4. The van der Waals surface area contributed by atoms with E-state index in [1.165, 1.54) is 13.4 Å². The number of benzene rings is 2. The molecular weight excluding hydrogens is 553 g/mol. The van der Waals surface area contributed by atoms with Crippen LogP contribution >= 0.6 is 23.2 Å². The number of carbonyl (C=O) groups excluding carboxylic acids is 1. The van der Waals surface area contributed by atoms with Crippen molar-refractivity contribution in [2.24, 2.45) is 4.99 Å². The van der Waals surface area contributed by atoms with Crippen molar-refractivity contribution < 1.29 is 14.3 Å². The predicted octanol–water partition coefficient (Wildman–Crippen LogP) is 5.67. The van der Waals surface area contributed by atoms with Gasteiger partial charge in [-0.15, -0.1) is 5.10 Å². The van der Waals surface area contributed by atoms with E-state index in [1.54, 1.807) is 29.1 Å². The minimum Gasteiger partial charge on any atom is -0.618 e. The maximum atomic E-state index is 13.6. The fraction of sp³-hybridized carbons (Fsp3) is 0.214. The van der Waals surface area contributed by atoms with Gasteiger partial charge in [0.25, 0.3) is 0 Å². The maximum absolute atomic E-state index is 13.6. The van der Waals surface area contributed by atoms with Crippen LogP contribution in [0.1, 0.15) is 42.0 Å². The number of halogens is 2. The van der Waals surface area contributed by atoms with Gasteiger partial charge >= 0.3 is 6.09 Å². The van der Waals surface area contributed by atoms with E-state index in [2.05, 4.69) is 25.6 Å². The largest absolute Gasteiger partial charge is 0.618 e. The summed E-state index contributed by atoms with van der Waals surface area (Å²) in [6, 6.07) is 14.8. The van der Waals surface area contributed by atoms with Crippen LogP contribution in [0, 0.1) is 5.21 Å². The number of aromatic nitrogens is 5. The Morgan fingerprint density at radius 3 is 2.73 bits per heavy atom. The summed E-state index contributed by atoms with van der Waals surface area (Å²) in [5.74, 6) is -0.153. The van der Waals surface area contributed by atoms with Gasteiger partial charge in [-0.2, -0.15) is 9.41 Å². The Hall–Kier alpha value is -4.28. The summed E-state index contributed by atoms with van der Waals surface area (Å²) >= 11 is 12.9. The van der Waals surface area contributed by atoms with Crippen LogP contribution < -0.4 is 10.0 Å². The van der Waals surface area contributed by atoms with Crippen LogP contribution in [0.15, 0.2) is 71.2 Å². The lowest BCUT2D eigenvalue weighted by atomic mass is 9.81. The Kier molecular flexibility index (Phi) is 6.95. The number of rotatable bonds is 5. The molecule has 1 aliphatic carbocycles. The van der Waals surface area contributed by atoms with E-state index >= 15 is 0 Å². The highest BCUT2D eigenvalue weighted by atomic mass is 35.5. The number of fused-ring (bicyclic) bond motifs is 1. The van der Waals surface area contributed by atoms with Gasteiger partial charge in [0.1, 0.15) is 11.5 Å². The van der Waals surface area contributed by atoms with Crippen molar-refractivity contribution in [3.8, 4) is 16.8 Å². The molecule has 4 aromatic rings. The average molecular weight is 576 g/mol. The fourth-order valence-corrected chi connectivity index (χ4v) is 5.82. The van der Waals surface area contributed by atoms with Crippen molar-refractivity contribution >= 4 is 46.3 Å². The monoisotopic (exact) mass is 575 g/mol. The first-order chi connectivity index (χ1) is 19.4. The lowest BCUT2D eigenvalue weighted by Gasteiger charge is -2.25. The van der Waals surface area contributed by atoms with Gasteiger partial charge in [0.2, 0.25) is 5.69 Å². The predicted molar refractivity (Wildman–Crippen MR) is 152 cm³/mol. The highest BCUT2D eigenvalue weighted by Gasteiger charge is 2.35. The zero-order chi connectivity index (χ0) is 27.8. The molecule has 2 aromatic carbocycles. The Bertz CT molecular complexity index is 1670.